The van der Waals surface area contributed by atoms with Gasteiger partial charge in [0.15, 0.2) is 0 Å². The Hall–Kier alpha value is -1.40. The monoisotopic (exact) mass is 789 g/mol. The summed E-state index contributed by atoms with van der Waals surface area (Å²) in [6, 6.07) is -0.321. The average Bonchev–Trinajstić information content (AvgIpc) is 3.49. The molecule has 1 amide bonds. The fourth-order valence-corrected chi connectivity index (χ4v) is 8.48. The third kappa shape index (κ3) is 29.8. The highest BCUT2D eigenvalue weighted by Gasteiger charge is 2.44. The molecule has 1 rings (SSSR count). The van der Waals surface area contributed by atoms with Crippen LogP contribution in [0.2, 0.25) is 0 Å². The Bertz CT molecular complexity index is 928. The standard InChI is InChI=1S/C50H96N2O4/c1-7-11-15-17-19-21-23-25-26-27-29-31-33-35-37-39-47(53)51-46(44-55-48(54)43-52(40-13-9-3)41-14-10-4)49-45(42-50(5,6)56-49)38-36-34-32-30-28-24-22-20-18-16-12-8-2/h25-26,45-46,49H,7-24,27-44H2,1-6H3,(H,51,53)/b26-25-/t45-,46-,49+/m0/s1. The number of allylic oxidation sites excluding steroid dienone is 2. The van der Waals surface area contributed by atoms with Crippen molar-refractivity contribution < 1.29 is 19.1 Å². The van der Waals surface area contributed by atoms with Crippen molar-refractivity contribution in [2.75, 3.05) is 26.2 Å². The van der Waals surface area contributed by atoms with Crippen LogP contribution in [-0.2, 0) is 19.1 Å². The highest BCUT2D eigenvalue weighted by atomic mass is 16.5. The molecule has 1 fully saturated rings. The Balaban J connectivity index is 2.62. The topological polar surface area (TPSA) is 67.9 Å². The van der Waals surface area contributed by atoms with Crippen LogP contribution < -0.4 is 5.32 Å². The van der Waals surface area contributed by atoms with Gasteiger partial charge in [0.05, 0.1) is 24.3 Å². The third-order valence-corrected chi connectivity index (χ3v) is 11.9. The molecule has 56 heavy (non-hydrogen) atoms. The van der Waals surface area contributed by atoms with Gasteiger partial charge >= 0.3 is 5.97 Å². The molecular weight excluding hydrogens is 693 g/mol. The second-order valence-electron chi connectivity index (χ2n) is 18.2. The summed E-state index contributed by atoms with van der Waals surface area (Å²) in [4.78, 5) is 28.9. The van der Waals surface area contributed by atoms with Crippen molar-refractivity contribution >= 4 is 11.9 Å². The quantitative estimate of drug-likeness (QED) is 0.0380. The number of carbonyl (C=O) groups excluding carboxylic acids is 2. The van der Waals surface area contributed by atoms with Crippen LogP contribution in [0.1, 0.15) is 247 Å². The van der Waals surface area contributed by atoms with Crippen LogP contribution in [-0.4, -0.2) is 60.8 Å². The SMILES string of the molecule is CCCCCCCC/C=C\CCCCCCCC(=O)N[C@@H](COC(=O)CN(CCCC)CCCC)[C@@H]1OC(C)(C)C[C@@H]1CCCCCCCCCCCCCC. The summed E-state index contributed by atoms with van der Waals surface area (Å²) in [7, 11) is 0. The number of amides is 1. The highest BCUT2D eigenvalue weighted by Crippen LogP contribution is 2.39. The van der Waals surface area contributed by atoms with Gasteiger partial charge in [-0.3, -0.25) is 14.5 Å². The maximum absolute atomic E-state index is 13.4. The van der Waals surface area contributed by atoms with E-state index in [0.29, 0.717) is 18.9 Å². The Morgan fingerprint density at radius 2 is 1.09 bits per heavy atom. The maximum Gasteiger partial charge on any atom is 0.320 e. The predicted octanol–water partition coefficient (Wildman–Crippen LogP) is 14.2. The summed E-state index contributed by atoms with van der Waals surface area (Å²) >= 11 is 0. The molecule has 0 radical (unpaired) electrons. The molecule has 1 saturated heterocycles. The molecule has 0 aliphatic carbocycles. The van der Waals surface area contributed by atoms with E-state index in [0.717, 1.165) is 64.5 Å². The molecule has 0 aromatic carbocycles. The first-order chi connectivity index (χ1) is 27.3. The van der Waals surface area contributed by atoms with Gasteiger partial charge in [0, 0.05) is 6.42 Å². The lowest BCUT2D eigenvalue weighted by Gasteiger charge is -2.30. The number of nitrogens with one attached hydrogen (secondary N) is 1. The van der Waals surface area contributed by atoms with Crippen LogP contribution in [0.15, 0.2) is 12.2 Å². The normalized spacial score (nSPS) is 17.3. The first kappa shape index (κ1) is 52.6. The number of ether oxygens (including phenoxy) is 2. The van der Waals surface area contributed by atoms with Gasteiger partial charge in [-0.05, 0) is 90.6 Å². The molecule has 0 aromatic heterocycles. The Morgan fingerprint density at radius 3 is 1.59 bits per heavy atom. The molecule has 1 heterocycles. The van der Waals surface area contributed by atoms with Crippen LogP contribution in [0.5, 0.6) is 0 Å². The molecule has 1 aliphatic rings. The molecule has 0 bridgehead atoms. The van der Waals surface area contributed by atoms with Crippen LogP contribution >= 0.6 is 0 Å². The van der Waals surface area contributed by atoms with E-state index in [2.05, 4.69) is 63.9 Å². The largest absolute Gasteiger partial charge is 0.462 e. The van der Waals surface area contributed by atoms with Crippen LogP contribution in [0.25, 0.3) is 0 Å². The molecule has 0 saturated carbocycles. The van der Waals surface area contributed by atoms with Gasteiger partial charge in [-0.25, -0.2) is 0 Å². The number of unbranched alkanes of at least 4 members (excludes halogenated alkanes) is 24. The zero-order chi connectivity index (χ0) is 41.0. The molecule has 0 unspecified atom stereocenters. The fraction of sp³-hybridized carbons (Fsp3) is 0.920. The summed E-state index contributed by atoms with van der Waals surface area (Å²) in [5.41, 5.74) is -0.250. The summed E-state index contributed by atoms with van der Waals surface area (Å²) in [5, 5.41) is 3.34. The molecule has 3 atom stereocenters. The highest BCUT2D eigenvalue weighted by molar-refractivity contribution is 5.76. The summed E-state index contributed by atoms with van der Waals surface area (Å²) in [6.45, 7) is 15.6. The second-order valence-corrected chi connectivity index (χ2v) is 18.2. The van der Waals surface area contributed by atoms with E-state index >= 15 is 0 Å². The second kappa shape index (κ2) is 36.7. The molecule has 0 spiro atoms. The van der Waals surface area contributed by atoms with E-state index in [1.807, 2.05) is 0 Å². The van der Waals surface area contributed by atoms with Gasteiger partial charge in [0.2, 0.25) is 5.91 Å². The van der Waals surface area contributed by atoms with E-state index in [4.69, 9.17) is 9.47 Å². The number of esters is 1. The van der Waals surface area contributed by atoms with Crippen molar-refractivity contribution in [3.05, 3.63) is 12.2 Å². The fourth-order valence-electron chi connectivity index (χ4n) is 8.48. The molecular formula is C50H96N2O4. The smallest absolute Gasteiger partial charge is 0.320 e. The summed E-state index contributed by atoms with van der Waals surface area (Å²) in [6.07, 6.45) is 43.9. The van der Waals surface area contributed by atoms with Crippen molar-refractivity contribution in [2.24, 2.45) is 5.92 Å². The van der Waals surface area contributed by atoms with Crippen molar-refractivity contribution in [3.63, 3.8) is 0 Å². The predicted molar refractivity (Wildman–Crippen MR) is 241 cm³/mol. The molecule has 1 N–H and O–H groups in total. The number of hydrogen-bond acceptors (Lipinski definition) is 5. The van der Waals surface area contributed by atoms with E-state index in [1.165, 1.54) is 148 Å². The lowest BCUT2D eigenvalue weighted by Crippen LogP contribution is -2.49. The lowest BCUT2D eigenvalue weighted by atomic mass is 9.86. The van der Waals surface area contributed by atoms with Crippen molar-refractivity contribution in [1.82, 2.24) is 10.2 Å². The van der Waals surface area contributed by atoms with E-state index in [9.17, 15) is 9.59 Å². The average molecular weight is 789 g/mol. The molecule has 1 aliphatic heterocycles. The number of rotatable bonds is 40. The van der Waals surface area contributed by atoms with Gasteiger partial charge < -0.3 is 14.8 Å². The zero-order valence-corrected chi connectivity index (χ0v) is 38.4. The van der Waals surface area contributed by atoms with Crippen molar-refractivity contribution in [1.29, 1.82) is 0 Å². The number of carbonyl (C=O) groups is 2. The van der Waals surface area contributed by atoms with Crippen LogP contribution in [0, 0.1) is 5.92 Å². The van der Waals surface area contributed by atoms with E-state index in [-0.39, 0.29) is 36.2 Å². The molecule has 6 heteroatoms. The number of hydrogen-bond donors (Lipinski definition) is 1. The van der Waals surface area contributed by atoms with E-state index in [1.54, 1.807) is 0 Å². The van der Waals surface area contributed by atoms with E-state index < -0.39 is 0 Å². The molecule has 6 nitrogen and oxygen atoms in total. The third-order valence-electron chi connectivity index (χ3n) is 11.9. The van der Waals surface area contributed by atoms with Gasteiger partial charge in [-0.2, -0.15) is 0 Å². The summed E-state index contributed by atoms with van der Waals surface area (Å²) < 4.78 is 12.7. The Morgan fingerprint density at radius 1 is 0.643 bits per heavy atom. The first-order valence-corrected chi connectivity index (χ1v) is 24.8. The summed E-state index contributed by atoms with van der Waals surface area (Å²) in [5.74, 6) is 0.222. The minimum Gasteiger partial charge on any atom is -0.462 e. The lowest BCUT2D eigenvalue weighted by molar-refractivity contribution is -0.148. The zero-order valence-electron chi connectivity index (χ0n) is 38.4. The van der Waals surface area contributed by atoms with Gasteiger partial charge in [0.1, 0.15) is 6.61 Å². The maximum atomic E-state index is 13.4. The molecule has 0 aromatic rings. The molecule has 330 valence electrons. The Labute approximate surface area is 349 Å². The van der Waals surface area contributed by atoms with Crippen LogP contribution in [0.4, 0.5) is 0 Å². The van der Waals surface area contributed by atoms with Crippen LogP contribution in [0.3, 0.4) is 0 Å². The van der Waals surface area contributed by atoms with Crippen molar-refractivity contribution in [3.8, 4) is 0 Å². The van der Waals surface area contributed by atoms with Gasteiger partial charge in [0.25, 0.3) is 0 Å². The number of nitrogens with zero attached hydrogens (tertiary/aromatic N) is 1. The van der Waals surface area contributed by atoms with Gasteiger partial charge in [-0.1, -0.05) is 181 Å². The Kier molecular flexibility index (Phi) is 34.4. The van der Waals surface area contributed by atoms with Crippen molar-refractivity contribution in [2.45, 2.75) is 265 Å². The van der Waals surface area contributed by atoms with Gasteiger partial charge in [-0.15, -0.1) is 0 Å². The minimum absolute atomic E-state index is 0.0635. The first-order valence-electron chi connectivity index (χ1n) is 24.8. The minimum atomic E-state index is -0.321.